The van der Waals surface area contributed by atoms with E-state index >= 15 is 0 Å². The zero-order chi connectivity index (χ0) is 18.4. The number of hydrogen-bond acceptors (Lipinski definition) is 4. The summed E-state index contributed by atoms with van der Waals surface area (Å²) in [6.07, 6.45) is 3.11. The summed E-state index contributed by atoms with van der Waals surface area (Å²) in [6.45, 7) is 0.617. The predicted molar refractivity (Wildman–Crippen MR) is 102 cm³/mol. The Morgan fingerprint density at radius 3 is 2.85 bits per heavy atom. The standard InChI is InChI=1S/C20H21NO4S/c22-19-10-7-14-13-15(8-9-17(14)21-19)25-11-3-4-12-26-18-6-2-1-5-16(18)20(23)24/h1-2,5-6,8-9,13H,3-4,7,10-12H2,(H,21,22)(H,23,24). The van der Waals surface area contributed by atoms with Crippen molar-refractivity contribution in [2.24, 2.45) is 0 Å². The summed E-state index contributed by atoms with van der Waals surface area (Å²) in [7, 11) is 0. The van der Waals surface area contributed by atoms with Crippen LogP contribution in [0.4, 0.5) is 5.69 Å². The van der Waals surface area contributed by atoms with Crippen molar-refractivity contribution in [3.8, 4) is 5.75 Å². The summed E-state index contributed by atoms with van der Waals surface area (Å²) in [4.78, 5) is 23.3. The number of ether oxygens (including phenoxy) is 1. The van der Waals surface area contributed by atoms with E-state index in [1.54, 1.807) is 23.9 Å². The highest BCUT2D eigenvalue weighted by molar-refractivity contribution is 7.99. The van der Waals surface area contributed by atoms with Crippen molar-refractivity contribution in [1.29, 1.82) is 0 Å². The number of unbranched alkanes of at least 4 members (excludes halogenated alkanes) is 1. The van der Waals surface area contributed by atoms with Gasteiger partial charge in [0.1, 0.15) is 5.75 Å². The highest BCUT2D eigenvalue weighted by Gasteiger charge is 2.15. The molecular formula is C20H21NO4S. The molecule has 0 saturated carbocycles. The molecule has 2 aromatic carbocycles. The number of carbonyl (C=O) groups excluding carboxylic acids is 1. The van der Waals surface area contributed by atoms with Crippen LogP contribution in [0.15, 0.2) is 47.4 Å². The molecule has 0 radical (unpaired) electrons. The number of anilines is 1. The van der Waals surface area contributed by atoms with Gasteiger partial charge in [-0.15, -0.1) is 11.8 Å². The minimum atomic E-state index is -0.889. The van der Waals surface area contributed by atoms with E-state index < -0.39 is 5.97 Å². The first kappa shape index (κ1) is 18.3. The van der Waals surface area contributed by atoms with Gasteiger partial charge in [-0.25, -0.2) is 4.79 Å². The Labute approximate surface area is 156 Å². The third-order valence-corrected chi connectivity index (χ3v) is 5.31. The monoisotopic (exact) mass is 371 g/mol. The van der Waals surface area contributed by atoms with Gasteiger partial charge in [-0.3, -0.25) is 4.79 Å². The Kier molecular flexibility index (Phi) is 6.17. The van der Waals surface area contributed by atoms with Crippen molar-refractivity contribution >= 4 is 29.3 Å². The lowest BCUT2D eigenvalue weighted by Gasteiger charge is -2.17. The Morgan fingerprint density at radius 2 is 2.00 bits per heavy atom. The van der Waals surface area contributed by atoms with Gasteiger partial charge in [-0.1, -0.05) is 12.1 Å². The van der Waals surface area contributed by atoms with Gasteiger partial charge in [-0.2, -0.15) is 0 Å². The number of benzene rings is 2. The summed E-state index contributed by atoms with van der Waals surface area (Å²) in [6, 6.07) is 12.8. The van der Waals surface area contributed by atoms with Gasteiger partial charge in [0.15, 0.2) is 0 Å². The third-order valence-electron chi connectivity index (χ3n) is 4.15. The quantitative estimate of drug-likeness (QED) is 0.537. The fourth-order valence-corrected chi connectivity index (χ4v) is 3.85. The maximum absolute atomic E-state index is 11.4. The fraction of sp³-hybridized carbons (Fsp3) is 0.300. The van der Waals surface area contributed by atoms with Gasteiger partial charge in [0.2, 0.25) is 5.91 Å². The molecule has 1 heterocycles. The first-order chi connectivity index (χ1) is 12.6. The van der Waals surface area contributed by atoms with Crippen LogP contribution in [-0.2, 0) is 11.2 Å². The summed E-state index contributed by atoms with van der Waals surface area (Å²) in [5.41, 5.74) is 2.35. The van der Waals surface area contributed by atoms with Crippen LogP contribution in [-0.4, -0.2) is 29.3 Å². The van der Waals surface area contributed by atoms with Crippen LogP contribution in [0, 0.1) is 0 Å². The first-order valence-electron chi connectivity index (χ1n) is 8.64. The van der Waals surface area contributed by atoms with Gasteiger partial charge in [-0.05, 0) is 60.9 Å². The number of amides is 1. The first-order valence-corrected chi connectivity index (χ1v) is 9.63. The maximum atomic E-state index is 11.4. The van der Waals surface area contributed by atoms with Crippen LogP contribution >= 0.6 is 11.8 Å². The van der Waals surface area contributed by atoms with Gasteiger partial charge in [0, 0.05) is 17.0 Å². The number of fused-ring (bicyclic) bond motifs is 1. The number of rotatable bonds is 8. The van der Waals surface area contributed by atoms with Gasteiger partial charge < -0.3 is 15.2 Å². The van der Waals surface area contributed by atoms with Crippen LogP contribution < -0.4 is 10.1 Å². The van der Waals surface area contributed by atoms with Crippen molar-refractivity contribution in [3.63, 3.8) is 0 Å². The van der Waals surface area contributed by atoms with Crippen LogP contribution in [0.3, 0.4) is 0 Å². The maximum Gasteiger partial charge on any atom is 0.336 e. The molecule has 0 fully saturated rings. The van der Waals surface area contributed by atoms with Crippen molar-refractivity contribution in [3.05, 3.63) is 53.6 Å². The highest BCUT2D eigenvalue weighted by atomic mass is 32.2. The minimum absolute atomic E-state index is 0.0631. The topological polar surface area (TPSA) is 75.6 Å². The smallest absolute Gasteiger partial charge is 0.336 e. The Hall–Kier alpha value is -2.47. The number of aromatic carboxylic acids is 1. The number of nitrogens with one attached hydrogen (secondary N) is 1. The number of aryl methyl sites for hydroxylation is 1. The summed E-state index contributed by atoms with van der Waals surface area (Å²) < 4.78 is 5.80. The van der Waals surface area contributed by atoms with E-state index in [1.807, 2.05) is 30.3 Å². The Bertz CT molecular complexity index is 806. The van der Waals surface area contributed by atoms with E-state index in [9.17, 15) is 14.7 Å². The van der Waals surface area contributed by atoms with E-state index in [1.165, 1.54) is 0 Å². The van der Waals surface area contributed by atoms with E-state index in [2.05, 4.69) is 5.32 Å². The Morgan fingerprint density at radius 1 is 1.15 bits per heavy atom. The van der Waals surface area contributed by atoms with Crippen LogP contribution in [0.25, 0.3) is 0 Å². The van der Waals surface area contributed by atoms with E-state index in [0.717, 1.165) is 46.9 Å². The zero-order valence-corrected chi connectivity index (χ0v) is 15.2. The molecule has 1 amide bonds. The summed E-state index contributed by atoms with van der Waals surface area (Å²) in [5.74, 6) is 0.848. The summed E-state index contributed by atoms with van der Waals surface area (Å²) >= 11 is 1.56. The average Bonchev–Trinajstić information content (AvgIpc) is 2.64. The third kappa shape index (κ3) is 4.79. The van der Waals surface area contributed by atoms with Crippen molar-refractivity contribution in [2.45, 2.75) is 30.6 Å². The van der Waals surface area contributed by atoms with Gasteiger partial charge in [0.25, 0.3) is 0 Å². The molecule has 0 spiro atoms. The summed E-state index contributed by atoms with van der Waals surface area (Å²) in [5, 5.41) is 12.0. The molecule has 0 saturated heterocycles. The van der Waals surface area contributed by atoms with Crippen molar-refractivity contribution in [1.82, 2.24) is 0 Å². The molecule has 3 rings (SSSR count). The lowest BCUT2D eigenvalue weighted by molar-refractivity contribution is -0.116. The second-order valence-electron chi connectivity index (χ2n) is 6.07. The number of carbonyl (C=O) groups is 2. The van der Waals surface area contributed by atoms with Crippen molar-refractivity contribution < 1.29 is 19.4 Å². The van der Waals surface area contributed by atoms with Gasteiger partial charge >= 0.3 is 5.97 Å². The predicted octanol–water partition coefficient (Wildman–Crippen LogP) is 4.22. The molecule has 0 atom stereocenters. The van der Waals surface area contributed by atoms with E-state index in [0.29, 0.717) is 18.6 Å². The number of thioether (sulfide) groups is 1. The van der Waals surface area contributed by atoms with Crippen LogP contribution in [0.5, 0.6) is 5.75 Å². The molecule has 26 heavy (non-hydrogen) atoms. The van der Waals surface area contributed by atoms with Crippen molar-refractivity contribution in [2.75, 3.05) is 17.7 Å². The Balaban J connectivity index is 1.40. The lowest BCUT2D eigenvalue weighted by Crippen LogP contribution is -2.18. The molecule has 5 nitrogen and oxygen atoms in total. The number of carboxylic acid groups (broad SMARTS) is 1. The molecule has 2 N–H and O–H groups in total. The van der Waals surface area contributed by atoms with Crippen LogP contribution in [0.2, 0.25) is 0 Å². The molecule has 0 aliphatic carbocycles. The second-order valence-corrected chi connectivity index (χ2v) is 7.21. The normalized spacial score (nSPS) is 13.0. The van der Waals surface area contributed by atoms with E-state index in [4.69, 9.17) is 4.74 Å². The lowest BCUT2D eigenvalue weighted by atomic mass is 10.0. The van der Waals surface area contributed by atoms with Crippen LogP contribution in [0.1, 0.15) is 35.2 Å². The number of carboxylic acids is 1. The largest absolute Gasteiger partial charge is 0.494 e. The molecule has 0 unspecified atom stereocenters. The highest BCUT2D eigenvalue weighted by Crippen LogP contribution is 2.27. The van der Waals surface area contributed by atoms with Gasteiger partial charge in [0.05, 0.1) is 12.2 Å². The molecule has 136 valence electrons. The molecule has 0 bridgehead atoms. The van der Waals surface area contributed by atoms with E-state index in [-0.39, 0.29) is 5.91 Å². The second kappa shape index (κ2) is 8.76. The molecule has 0 aromatic heterocycles. The zero-order valence-electron chi connectivity index (χ0n) is 14.4. The SMILES string of the molecule is O=C1CCc2cc(OCCCCSc3ccccc3C(=O)O)ccc2N1. The molecule has 1 aliphatic heterocycles. The fourth-order valence-electron chi connectivity index (χ4n) is 2.80. The minimum Gasteiger partial charge on any atom is -0.494 e. The molecule has 6 heteroatoms. The number of hydrogen-bond donors (Lipinski definition) is 2. The molecular weight excluding hydrogens is 350 g/mol. The average molecular weight is 371 g/mol. The molecule has 2 aromatic rings. The molecule has 1 aliphatic rings.